The summed E-state index contributed by atoms with van der Waals surface area (Å²) in [7, 11) is -0.715. The molecule has 1 atom stereocenters. The van der Waals surface area contributed by atoms with Crippen LogP contribution in [0.1, 0.15) is 29.2 Å². The summed E-state index contributed by atoms with van der Waals surface area (Å²) < 4.78 is 39.1. The molecule has 0 aromatic heterocycles. The monoisotopic (exact) mass is 514 g/mol. The van der Waals surface area contributed by atoms with E-state index in [0.717, 1.165) is 16.7 Å². The Labute approximate surface area is 210 Å². The van der Waals surface area contributed by atoms with Crippen molar-refractivity contribution in [2.24, 2.45) is 0 Å². The van der Waals surface area contributed by atoms with Gasteiger partial charge in [0.1, 0.15) is 11.5 Å². The molecule has 9 heteroatoms. The topological polar surface area (TPSA) is 84.9 Å². The van der Waals surface area contributed by atoms with Crippen molar-refractivity contribution >= 4 is 27.5 Å². The van der Waals surface area contributed by atoms with Gasteiger partial charge in [-0.25, -0.2) is 8.42 Å². The Bertz CT molecular complexity index is 1310. The van der Waals surface area contributed by atoms with Crippen LogP contribution in [0.15, 0.2) is 71.6 Å². The van der Waals surface area contributed by atoms with E-state index in [1.807, 2.05) is 30.3 Å². The van der Waals surface area contributed by atoms with Crippen LogP contribution in [-0.4, -0.2) is 39.4 Å². The molecular weight excluding hydrogens is 488 g/mol. The molecular formula is C26H27ClN2O5S. The van der Waals surface area contributed by atoms with E-state index < -0.39 is 16.1 Å². The van der Waals surface area contributed by atoms with Gasteiger partial charge in [0.2, 0.25) is 15.9 Å². The maximum Gasteiger partial charge on any atom is 0.243 e. The number of rotatable bonds is 8. The van der Waals surface area contributed by atoms with Gasteiger partial charge in [-0.2, -0.15) is 4.31 Å². The summed E-state index contributed by atoms with van der Waals surface area (Å²) in [5.41, 5.74) is 2.68. The molecule has 0 fully saturated rings. The predicted molar refractivity (Wildman–Crippen MR) is 134 cm³/mol. The normalized spacial score (nSPS) is 15.8. The summed E-state index contributed by atoms with van der Waals surface area (Å²) in [6.07, 6.45) is 0.562. The highest BCUT2D eigenvalue weighted by Gasteiger charge is 2.37. The number of benzene rings is 3. The van der Waals surface area contributed by atoms with Gasteiger partial charge in [-0.15, -0.1) is 0 Å². The zero-order chi connectivity index (χ0) is 25.0. The number of methoxy groups -OCH3 is 2. The highest BCUT2D eigenvalue weighted by atomic mass is 35.5. The van der Waals surface area contributed by atoms with Crippen molar-refractivity contribution in [2.75, 3.05) is 20.8 Å². The Morgan fingerprint density at radius 2 is 1.80 bits per heavy atom. The maximum atomic E-state index is 13.5. The second-order valence-corrected chi connectivity index (χ2v) is 10.5. The molecule has 0 radical (unpaired) electrons. The van der Waals surface area contributed by atoms with Crippen molar-refractivity contribution < 1.29 is 22.7 Å². The molecule has 0 aliphatic carbocycles. The SMILES string of the molecule is COc1ccc(CNC(=O)C[C@@H]2c3ccccc3CCN2S(=O)(=O)c2ccc(Cl)cc2)c(OC)c1. The molecule has 1 N–H and O–H groups in total. The van der Waals surface area contributed by atoms with E-state index >= 15 is 0 Å². The van der Waals surface area contributed by atoms with E-state index in [-0.39, 0.29) is 30.3 Å². The van der Waals surface area contributed by atoms with E-state index in [1.54, 1.807) is 38.5 Å². The molecule has 1 heterocycles. The Kier molecular flexibility index (Phi) is 7.64. The molecule has 1 aliphatic heterocycles. The highest BCUT2D eigenvalue weighted by molar-refractivity contribution is 7.89. The number of nitrogens with one attached hydrogen (secondary N) is 1. The zero-order valence-corrected chi connectivity index (χ0v) is 21.1. The van der Waals surface area contributed by atoms with E-state index in [0.29, 0.717) is 22.9 Å². The standard InChI is InChI=1S/C26H27ClN2O5S/c1-33-21-10-7-19(25(15-21)34-2)17-28-26(30)16-24-23-6-4-3-5-18(23)13-14-29(24)35(31,32)22-11-8-20(27)9-12-22/h3-12,15,24H,13-14,16-17H2,1-2H3,(H,28,30)/t24-/m1/s1. The van der Waals surface area contributed by atoms with Crippen LogP contribution in [-0.2, 0) is 27.8 Å². The van der Waals surface area contributed by atoms with Crippen molar-refractivity contribution in [1.29, 1.82) is 0 Å². The molecule has 35 heavy (non-hydrogen) atoms. The van der Waals surface area contributed by atoms with Gasteiger partial charge in [0.05, 0.1) is 25.2 Å². The second kappa shape index (κ2) is 10.7. The van der Waals surface area contributed by atoms with Crippen LogP contribution in [0.2, 0.25) is 5.02 Å². The van der Waals surface area contributed by atoms with Crippen LogP contribution < -0.4 is 14.8 Å². The predicted octanol–water partition coefficient (Wildman–Crippen LogP) is 4.35. The molecule has 184 valence electrons. The Morgan fingerprint density at radius 3 is 2.51 bits per heavy atom. The van der Waals surface area contributed by atoms with Crippen LogP contribution in [0.4, 0.5) is 0 Å². The summed E-state index contributed by atoms with van der Waals surface area (Å²) in [6, 6.07) is 18.5. The minimum atomic E-state index is -3.84. The van der Waals surface area contributed by atoms with Gasteiger partial charge in [-0.05, 0) is 53.9 Å². The Hall–Kier alpha value is -3.07. The molecule has 3 aromatic carbocycles. The fraction of sp³-hybridized carbons (Fsp3) is 0.269. The first-order chi connectivity index (χ1) is 16.8. The molecule has 0 saturated carbocycles. The molecule has 4 rings (SSSR count). The number of hydrogen-bond donors (Lipinski definition) is 1. The molecule has 0 bridgehead atoms. The first-order valence-electron chi connectivity index (χ1n) is 11.2. The number of fused-ring (bicyclic) bond motifs is 1. The Balaban J connectivity index is 1.57. The highest BCUT2D eigenvalue weighted by Crippen LogP contribution is 2.36. The van der Waals surface area contributed by atoms with E-state index in [1.165, 1.54) is 16.4 Å². The van der Waals surface area contributed by atoms with Crippen LogP contribution in [0.3, 0.4) is 0 Å². The molecule has 0 spiro atoms. The lowest BCUT2D eigenvalue weighted by molar-refractivity contribution is -0.122. The lowest BCUT2D eigenvalue weighted by atomic mass is 9.92. The summed E-state index contributed by atoms with van der Waals surface area (Å²) in [4.78, 5) is 13.2. The second-order valence-electron chi connectivity index (χ2n) is 8.19. The third kappa shape index (κ3) is 5.45. The van der Waals surface area contributed by atoms with Crippen molar-refractivity contribution in [3.05, 3.63) is 88.4 Å². The average Bonchev–Trinajstić information content (AvgIpc) is 2.87. The summed E-state index contributed by atoms with van der Waals surface area (Å²) in [5, 5.41) is 3.37. The van der Waals surface area contributed by atoms with Crippen LogP contribution >= 0.6 is 11.6 Å². The van der Waals surface area contributed by atoms with Gasteiger partial charge in [-0.3, -0.25) is 4.79 Å². The lowest BCUT2D eigenvalue weighted by Crippen LogP contribution is -2.42. The first-order valence-corrected chi connectivity index (χ1v) is 13.0. The van der Waals surface area contributed by atoms with Crippen molar-refractivity contribution in [3.63, 3.8) is 0 Å². The van der Waals surface area contributed by atoms with Crippen molar-refractivity contribution in [1.82, 2.24) is 9.62 Å². The number of ether oxygens (including phenoxy) is 2. The summed E-state index contributed by atoms with van der Waals surface area (Å²) in [5.74, 6) is 0.985. The quantitative estimate of drug-likeness (QED) is 0.483. The summed E-state index contributed by atoms with van der Waals surface area (Å²) in [6.45, 7) is 0.524. The maximum absolute atomic E-state index is 13.5. The fourth-order valence-electron chi connectivity index (χ4n) is 4.31. The lowest BCUT2D eigenvalue weighted by Gasteiger charge is -2.36. The molecule has 1 amide bonds. The zero-order valence-electron chi connectivity index (χ0n) is 19.5. The van der Waals surface area contributed by atoms with Crippen molar-refractivity contribution in [3.8, 4) is 11.5 Å². The van der Waals surface area contributed by atoms with E-state index in [2.05, 4.69) is 5.32 Å². The molecule has 0 saturated heterocycles. The van der Waals surface area contributed by atoms with Gasteiger partial charge in [0.25, 0.3) is 0 Å². The summed E-state index contributed by atoms with van der Waals surface area (Å²) >= 11 is 5.96. The van der Waals surface area contributed by atoms with Gasteiger partial charge in [0.15, 0.2) is 0 Å². The van der Waals surface area contributed by atoms with Crippen molar-refractivity contribution in [2.45, 2.75) is 30.3 Å². The van der Waals surface area contributed by atoms with Crippen LogP contribution in [0.5, 0.6) is 11.5 Å². The van der Waals surface area contributed by atoms with E-state index in [4.69, 9.17) is 21.1 Å². The first kappa shape index (κ1) is 25.0. The largest absolute Gasteiger partial charge is 0.497 e. The smallest absolute Gasteiger partial charge is 0.243 e. The van der Waals surface area contributed by atoms with Gasteiger partial charge < -0.3 is 14.8 Å². The number of halogens is 1. The number of hydrogen-bond acceptors (Lipinski definition) is 5. The molecule has 1 aliphatic rings. The van der Waals surface area contributed by atoms with Crippen LogP contribution in [0, 0.1) is 0 Å². The average molecular weight is 515 g/mol. The van der Waals surface area contributed by atoms with Crippen LogP contribution in [0.25, 0.3) is 0 Å². The minimum Gasteiger partial charge on any atom is -0.497 e. The molecule has 3 aromatic rings. The molecule has 0 unspecified atom stereocenters. The van der Waals surface area contributed by atoms with E-state index in [9.17, 15) is 13.2 Å². The van der Waals surface area contributed by atoms with Gasteiger partial charge in [-0.1, -0.05) is 35.9 Å². The fourth-order valence-corrected chi connectivity index (χ4v) is 6.04. The molecule has 7 nitrogen and oxygen atoms in total. The number of carbonyl (C=O) groups excluding carboxylic acids is 1. The minimum absolute atomic E-state index is 0.0116. The number of carbonyl (C=O) groups is 1. The van der Waals surface area contributed by atoms with Gasteiger partial charge >= 0.3 is 0 Å². The number of nitrogens with zero attached hydrogens (tertiary/aromatic N) is 1. The van der Waals surface area contributed by atoms with Gasteiger partial charge in [0, 0.05) is 36.2 Å². The number of amides is 1. The Morgan fingerprint density at radius 1 is 1.06 bits per heavy atom. The third-order valence-corrected chi connectivity index (χ3v) is 8.31. The number of sulfonamides is 1. The third-order valence-electron chi connectivity index (χ3n) is 6.13.